The van der Waals surface area contributed by atoms with Crippen molar-refractivity contribution in [3.63, 3.8) is 0 Å². The molecule has 1 fully saturated rings. The fourth-order valence-electron chi connectivity index (χ4n) is 2.63. The Balaban J connectivity index is 1.73. The Morgan fingerprint density at radius 1 is 1.10 bits per heavy atom. The van der Waals surface area contributed by atoms with E-state index in [2.05, 4.69) is 36.5 Å². The van der Waals surface area contributed by atoms with Gasteiger partial charge in [-0.15, -0.1) is 0 Å². The van der Waals surface area contributed by atoms with Crippen molar-refractivity contribution in [1.82, 2.24) is 5.32 Å². The molecule has 1 aromatic rings. The largest absolute Gasteiger partial charge is 0.490 e. The molecule has 0 saturated heterocycles. The van der Waals surface area contributed by atoms with Crippen LogP contribution in [-0.2, 0) is 11.3 Å². The third kappa shape index (κ3) is 5.14. The summed E-state index contributed by atoms with van der Waals surface area (Å²) in [4.78, 5) is 0. The molecule has 0 unspecified atom stereocenters. The summed E-state index contributed by atoms with van der Waals surface area (Å²) in [6.07, 6.45) is 5.40. The average molecular weight is 277 g/mol. The van der Waals surface area contributed by atoms with Crippen molar-refractivity contribution in [2.24, 2.45) is 5.92 Å². The van der Waals surface area contributed by atoms with Crippen LogP contribution in [0.5, 0.6) is 5.75 Å². The monoisotopic (exact) mass is 277 g/mol. The second kappa shape index (κ2) is 8.28. The van der Waals surface area contributed by atoms with Gasteiger partial charge in [-0.1, -0.05) is 19.1 Å². The van der Waals surface area contributed by atoms with Crippen molar-refractivity contribution in [3.8, 4) is 5.75 Å². The zero-order valence-electron chi connectivity index (χ0n) is 12.7. The molecule has 1 aromatic carbocycles. The first kappa shape index (κ1) is 15.3. The summed E-state index contributed by atoms with van der Waals surface area (Å²) >= 11 is 0. The Bertz CT molecular complexity index is 369. The highest BCUT2D eigenvalue weighted by Crippen LogP contribution is 2.27. The van der Waals surface area contributed by atoms with Gasteiger partial charge in [0, 0.05) is 20.2 Å². The van der Waals surface area contributed by atoms with Crippen LogP contribution in [0.25, 0.3) is 0 Å². The lowest BCUT2D eigenvalue weighted by atomic mass is 9.89. The van der Waals surface area contributed by atoms with E-state index >= 15 is 0 Å². The molecule has 0 spiro atoms. The molecule has 1 aliphatic rings. The maximum Gasteiger partial charge on any atom is 0.119 e. The number of hydrogen-bond donors (Lipinski definition) is 1. The molecule has 112 valence electrons. The normalized spacial score (nSPS) is 22.7. The minimum atomic E-state index is 0.414. The lowest BCUT2D eigenvalue weighted by Gasteiger charge is -2.26. The summed E-state index contributed by atoms with van der Waals surface area (Å²) in [6, 6.07) is 8.46. The molecule has 0 heterocycles. The van der Waals surface area contributed by atoms with E-state index in [1.165, 1.54) is 31.2 Å². The Kier molecular flexibility index (Phi) is 6.34. The first-order valence-electron chi connectivity index (χ1n) is 7.73. The third-order valence-electron chi connectivity index (χ3n) is 4.00. The predicted octanol–water partition coefficient (Wildman–Crippen LogP) is 3.38. The average Bonchev–Trinajstić information content (AvgIpc) is 2.48. The third-order valence-corrected chi connectivity index (χ3v) is 4.00. The maximum atomic E-state index is 6.06. The second-order valence-corrected chi connectivity index (χ2v) is 5.81. The second-order valence-electron chi connectivity index (χ2n) is 5.81. The smallest absolute Gasteiger partial charge is 0.119 e. The number of methoxy groups -OCH3 is 1. The van der Waals surface area contributed by atoms with Gasteiger partial charge < -0.3 is 14.8 Å². The van der Waals surface area contributed by atoms with Gasteiger partial charge in [0.2, 0.25) is 0 Å². The highest BCUT2D eigenvalue weighted by atomic mass is 16.5. The molecular formula is C17H27NO2. The first-order chi connectivity index (χ1) is 9.78. The van der Waals surface area contributed by atoms with Crippen molar-refractivity contribution in [2.75, 3.05) is 20.3 Å². The van der Waals surface area contributed by atoms with Crippen LogP contribution < -0.4 is 10.1 Å². The minimum absolute atomic E-state index is 0.414. The van der Waals surface area contributed by atoms with Gasteiger partial charge in [0.15, 0.2) is 0 Å². The lowest BCUT2D eigenvalue weighted by molar-refractivity contribution is 0.135. The lowest BCUT2D eigenvalue weighted by Crippen LogP contribution is -2.23. The van der Waals surface area contributed by atoms with Gasteiger partial charge in [-0.05, 0) is 49.3 Å². The molecule has 0 atom stereocenters. The van der Waals surface area contributed by atoms with Gasteiger partial charge in [0.25, 0.3) is 0 Å². The quantitative estimate of drug-likeness (QED) is 0.775. The van der Waals surface area contributed by atoms with Crippen LogP contribution in [0.2, 0.25) is 0 Å². The summed E-state index contributed by atoms with van der Waals surface area (Å²) in [6.45, 7) is 4.85. The van der Waals surface area contributed by atoms with E-state index in [0.717, 1.165) is 31.4 Å². The number of nitrogens with one attached hydrogen (secondary N) is 1. The van der Waals surface area contributed by atoms with Crippen LogP contribution in [-0.4, -0.2) is 26.4 Å². The van der Waals surface area contributed by atoms with Crippen LogP contribution in [0.3, 0.4) is 0 Å². The fraction of sp³-hybridized carbons (Fsp3) is 0.647. The van der Waals surface area contributed by atoms with Crippen LogP contribution in [0, 0.1) is 5.92 Å². The van der Waals surface area contributed by atoms with E-state index in [1.54, 1.807) is 7.11 Å². The Hall–Kier alpha value is -1.06. The van der Waals surface area contributed by atoms with Crippen LogP contribution in [0.15, 0.2) is 24.3 Å². The van der Waals surface area contributed by atoms with Crippen molar-refractivity contribution in [2.45, 2.75) is 45.3 Å². The fourth-order valence-corrected chi connectivity index (χ4v) is 2.63. The highest BCUT2D eigenvalue weighted by Gasteiger charge is 2.19. The predicted molar refractivity (Wildman–Crippen MR) is 82.1 cm³/mol. The number of rotatable bonds is 7. The Morgan fingerprint density at radius 2 is 1.80 bits per heavy atom. The van der Waals surface area contributed by atoms with Gasteiger partial charge in [-0.2, -0.15) is 0 Å². The molecule has 0 radical (unpaired) electrons. The maximum absolute atomic E-state index is 6.06. The molecule has 0 amide bonds. The number of ether oxygens (including phenoxy) is 2. The molecule has 20 heavy (non-hydrogen) atoms. The van der Waals surface area contributed by atoms with Crippen LogP contribution >= 0.6 is 0 Å². The van der Waals surface area contributed by atoms with Gasteiger partial charge in [0.1, 0.15) is 5.75 Å². The van der Waals surface area contributed by atoms with E-state index in [-0.39, 0.29) is 0 Å². The van der Waals surface area contributed by atoms with Crippen molar-refractivity contribution in [3.05, 3.63) is 29.8 Å². The van der Waals surface area contributed by atoms with E-state index in [1.807, 2.05) is 0 Å². The van der Waals surface area contributed by atoms with Crippen molar-refractivity contribution in [1.29, 1.82) is 0 Å². The molecule has 2 rings (SSSR count). The minimum Gasteiger partial charge on any atom is -0.490 e. The van der Waals surface area contributed by atoms with Crippen LogP contribution in [0.1, 0.15) is 38.2 Å². The molecule has 3 heteroatoms. The van der Waals surface area contributed by atoms with Crippen molar-refractivity contribution < 1.29 is 9.47 Å². The molecular weight excluding hydrogens is 250 g/mol. The van der Waals surface area contributed by atoms with Gasteiger partial charge >= 0.3 is 0 Å². The SMILES string of the molecule is COCCNCc1ccc(OC2CCC(C)CC2)cc1. The Morgan fingerprint density at radius 3 is 2.45 bits per heavy atom. The number of hydrogen-bond acceptors (Lipinski definition) is 3. The summed E-state index contributed by atoms with van der Waals surface area (Å²) in [5.74, 6) is 1.88. The molecule has 1 aliphatic carbocycles. The summed E-state index contributed by atoms with van der Waals surface area (Å²) in [5.41, 5.74) is 1.28. The van der Waals surface area contributed by atoms with Gasteiger partial charge in [-0.25, -0.2) is 0 Å². The topological polar surface area (TPSA) is 30.5 Å². The van der Waals surface area contributed by atoms with Gasteiger partial charge in [0.05, 0.1) is 12.7 Å². The Labute approximate surface area is 122 Å². The van der Waals surface area contributed by atoms with E-state index in [9.17, 15) is 0 Å². The summed E-state index contributed by atoms with van der Waals surface area (Å²) < 4.78 is 11.1. The van der Waals surface area contributed by atoms with Gasteiger partial charge in [-0.3, -0.25) is 0 Å². The van der Waals surface area contributed by atoms with E-state index in [4.69, 9.17) is 9.47 Å². The highest BCUT2D eigenvalue weighted by molar-refractivity contribution is 5.27. The first-order valence-corrected chi connectivity index (χ1v) is 7.73. The zero-order valence-corrected chi connectivity index (χ0v) is 12.7. The molecule has 0 aromatic heterocycles. The number of benzene rings is 1. The molecule has 1 saturated carbocycles. The summed E-state index contributed by atoms with van der Waals surface area (Å²) in [7, 11) is 1.72. The molecule has 0 bridgehead atoms. The molecule has 1 N–H and O–H groups in total. The van der Waals surface area contributed by atoms with Crippen molar-refractivity contribution >= 4 is 0 Å². The zero-order chi connectivity index (χ0) is 14.2. The van der Waals surface area contributed by atoms with E-state index < -0.39 is 0 Å². The summed E-state index contributed by atoms with van der Waals surface area (Å²) in [5, 5.41) is 3.34. The standard InChI is InChI=1S/C17H27NO2/c1-14-3-7-16(8-4-14)20-17-9-5-15(6-10-17)13-18-11-12-19-2/h5-6,9-10,14,16,18H,3-4,7-8,11-13H2,1-2H3. The molecule has 3 nitrogen and oxygen atoms in total. The molecule has 0 aliphatic heterocycles. The van der Waals surface area contributed by atoms with Crippen LogP contribution in [0.4, 0.5) is 0 Å². The van der Waals surface area contributed by atoms with E-state index in [0.29, 0.717) is 6.10 Å².